The first-order valence-corrected chi connectivity index (χ1v) is 6.83. The fourth-order valence-electron chi connectivity index (χ4n) is 2.41. The van der Waals surface area contributed by atoms with E-state index >= 15 is 0 Å². The molecule has 1 atom stereocenters. The summed E-state index contributed by atoms with van der Waals surface area (Å²) in [5.41, 5.74) is 1.65. The minimum absolute atomic E-state index is 0.180. The first kappa shape index (κ1) is 13.3. The maximum atomic E-state index is 13.3. The highest BCUT2D eigenvalue weighted by atomic mass is 35.5. The van der Waals surface area contributed by atoms with E-state index in [-0.39, 0.29) is 11.2 Å². The Morgan fingerprint density at radius 3 is 2.56 bits per heavy atom. The van der Waals surface area contributed by atoms with E-state index in [1.807, 2.05) is 6.92 Å². The Morgan fingerprint density at radius 2 is 2.00 bits per heavy atom. The highest BCUT2D eigenvalue weighted by molar-refractivity contribution is 6.20. The number of rotatable bonds is 4. The van der Waals surface area contributed by atoms with Crippen molar-refractivity contribution in [1.29, 1.82) is 0 Å². The molecule has 98 valence electrons. The monoisotopic (exact) mass is 268 g/mol. The van der Waals surface area contributed by atoms with E-state index < -0.39 is 0 Å². The third-order valence-electron chi connectivity index (χ3n) is 3.34. The Hall–Kier alpha value is -1.09. The first-order chi connectivity index (χ1) is 8.58. The standard InChI is InChI=1S/C14H18ClFN2/c1-4-11(5-2)18-13-7-6-10(16)8-12(13)17-14(18)9(3)15/h6-9,11H,4-5H2,1-3H3. The second-order valence-corrected chi connectivity index (χ2v) is 5.21. The summed E-state index contributed by atoms with van der Waals surface area (Å²) in [7, 11) is 0. The van der Waals surface area contributed by atoms with E-state index in [9.17, 15) is 4.39 Å². The van der Waals surface area contributed by atoms with Crippen molar-refractivity contribution < 1.29 is 4.39 Å². The lowest BCUT2D eigenvalue weighted by Gasteiger charge is -2.19. The Bertz CT molecular complexity index is 544. The highest BCUT2D eigenvalue weighted by Crippen LogP contribution is 2.30. The number of hydrogen-bond donors (Lipinski definition) is 0. The molecule has 0 amide bonds. The highest BCUT2D eigenvalue weighted by Gasteiger charge is 2.19. The summed E-state index contributed by atoms with van der Waals surface area (Å²) in [4.78, 5) is 4.48. The van der Waals surface area contributed by atoms with Gasteiger partial charge in [-0.25, -0.2) is 9.37 Å². The topological polar surface area (TPSA) is 17.8 Å². The zero-order valence-corrected chi connectivity index (χ0v) is 11.7. The molecule has 0 aliphatic heterocycles. The van der Waals surface area contributed by atoms with Gasteiger partial charge < -0.3 is 4.57 Å². The van der Waals surface area contributed by atoms with E-state index in [2.05, 4.69) is 23.4 Å². The van der Waals surface area contributed by atoms with Crippen LogP contribution in [-0.4, -0.2) is 9.55 Å². The zero-order chi connectivity index (χ0) is 13.3. The molecule has 0 bridgehead atoms. The predicted molar refractivity (Wildman–Crippen MR) is 73.6 cm³/mol. The average molecular weight is 269 g/mol. The van der Waals surface area contributed by atoms with Gasteiger partial charge in [0.25, 0.3) is 0 Å². The van der Waals surface area contributed by atoms with Crippen molar-refractivity contribution in [2.24, 2.45) is 0 Å². The Kier molecular flexibility index (Phi) is 3.91. The SMILES string of the molecule is CCC(CC)n1c(C(C)Cl)nc2cc(F)ccc21. The molecule has 0 spiro atoms. The van der Waals surface area contributed by atoms with Crippen LogP contribution in [0.25, 0.3) is 11.0 Å². The lowest BCUT2D eigenvalue weighted by Crippen LogP contribution is -2.11. The lowest BCUT2D eigenvalue weighted by atomic mass is 10.1. The molecular weight excluding hydrogens is 251 g/mol. The van der Waals surface area contributed by atoms with Crippen LogP contribution in [0.15, 0.2) is 18.2 Å². The molecule has 0 fully saturated rings. The van der Waals surface area contributed by atoms with Gasteiger partial charge in [0.15, 0.2) is 0 Å². The van der Waals surface area contributed by atoms with Crippen LogP contribution in [-0.2, 0) is 0 Å². The summed E-state index contributed by atoms with van der Waals surface area (Å²) >= 11 is 6.20. The summed E-state index contributed by atoms with van der Waals surface area (Å²) in [5, 5.41) is -0.180. The molecule has 18 heavy (non-hydrogen) atoms. The smallest absolute Gasteiger partial charge is 0.127 e. The molecule has 2 aromatic rings. The number of nitrogens with zero attached hydrogens (tertiary/aromatic N) is 2. The normalized spacial score (nSPS) is 13.4. The number of fused-ring (bicyclic) bond motifs is 1. The number of hydrogen-bond acceptors (Lipinski definition) is 1. The molecule has 0 saturated carbocycles. The lowest BCUT2D eigenvalue weighted by molar-refractivity contribution is 0.466. The van der Waals surface area contributed by atoms with E-state index in [0.29, 0.717) is 11.6 Å². The molecule has 0 aliphatic rings. The number of aromatic nitrogens is 2. The van der Waals surface area contributed by atoms with Crippen molar-refractivity contribution in [2.75, 3.05) is 0 Å². The molecule has 1 aromatic heterocycles. The second-order valence-electron chi connectivity index (χ2n) is 4.56. The minimum Gasteiger partial charge on any atom is -0.324 e. The molecule has 2 rings (SSSR count). The number of imidazole rings is 1. The third-order valence-corrected chi connectivity index (χ3v) is 3.54. The van der Waals surface area contributed by atoms with Crippen LogP contribution in [0.4, 0.5) is 4.39 Å². The zero-order valence-electron chi connectivity index (χ0n) is 11.0. The molecule has 1 heterocycles. The molecular formula is C14H18ClFN2. The van der Waals surface area contributed by atoms with E-state index in [0.717, 1.165) is 24.2 Å². The van der Waals surface area contributed by atoms with Crippen LogP contribution in [0.3, 0.4) is 0 Å². The van der Waals surface area contributed by atoms with Crippen LogP contribution in [0.2, 0.25) is 0 Å². The van der Waals surface area contributed by atoms with Crippen molar-refractivity contribution >= 4 is 22.6 Å². The van der Waals surface area contributed by atoms with Gasteiger partial charge in [0.05, 0.1) is 16.4 Å². The van der Waals surface area contributed by atoms with Gasteiger partial charge in [-0.1, -0.05) is 13.8 Å². The van der Waals surface area contributed by atoms with Crippen molar-refractivity contribution in [1.82, 2.24) is 9.55 Å². The summed E-state index contributed by atoms with van der Waals surface area (Å²) in [6.45, 7) is 6.19. The van der Waals surface area contributed by atoms with Gasteiger partial charge in [0.1, 0.15) is 11.6 Å². The van der Waals surface area contributed by atoms with Gasteiger partial charge >= 0.3 is 0 Å². The first-order valence-electron chi connectivity index (χ1n) is 6.39. The molecule has 2 nitrogen and oxygen atoms in total. The summed E-state index contributed by atoms with van der Waals surface area (Å²) in [6, 6.07) is 5.10. The number of alkyl halides is 1. The fraction of sp³-hybridized carbons (Fsp3) is 0.500. The van der Waals surface area contributed by atoms with Crippen LogP contribution in [0.5, 0.6) is 0 Å². The van der Waals surface area contributed by atoms with Crippen LogP contribution in [0.1, 0.15) is 50.9 Å². The summed E-state index contributed by atoms with van der Waals surface area (Å²) in [5.74, 6) is 0.566. The Labute approximate surface area is 112 Å². The molecule has 1 aromatic carbocycles. The van der Waals surface area contributed by atoms with Crippen molar-refractivity contribution in [3.8, 4) is 0 Å². The quantitative estimate of drug-likeness (QED) is 0.726. The predicted octanol–water partition coefficient (Wildman–Crippen LogP) is 4.84. The molecule has 0 aliphatic carbocycles. The molecule has 0 saturated heterocycles. The maximum absolute atomic E-state index is 13.3. The third kappa shape index (κ3) is 2.24. The van der Waals surface area contributed by atoms with Gasteiger partial charge in [-0.3, -0.25) is 0 Å². The second kappa shape index (κ2) is 5.27. The van der Waals surface area contributed by atoms with E-state index in [1.54, 1.807) is 6.07 Å². The summed E-state index contributed by atoms with van der Waals surface area (Å²) in [6.07, 6.45) is 2.02. The van der Waals surface area contributed by atoms with Gasteiger partial charge in [-0.2, -0.15) is 0 Å². The van der Waals surface area contributed by atoms with Gasteiger partial charge in [-0.05, 0) is 31.9 Å². The summed E-state index contributed by atoms with van der Waals surface area (Å²) < 4.78 is 15.4. The van der Waals surface area contributed by atoms with E-state index in [1.165, 1.54) is 12.1 Å². The largest absolute Gasteiger partial charge is 0.324 e. The fourth-order valence-corrected chi connectivity index (χ4v) is 2.56. The van der Waals surface area contributed by atoms with Crippen LogP contribution < -0.4 is 0 Å². The molecule has 1 unspecified atom stereocenters. The van der Waals surface area contributed by atoms with E-state index in [4.69, 9.17) is 11.6 Å². The van der Waals surface area contributed by atoms with Crippen molar-refractivity contribution in [3.63, 3.8) is 0 Å². The molecule has 0 radical (unpaired) electrons. The molecule has 0 N–H and O–H groups in total. The number of benzene rings is 1. The Morgan fingerprint density at radius 1 is 1.33 bits per heavy atom. The van der Waals surface area contributed by atoms with Gasteiger partial charge in [0.2, 0.25) is 0 Å². The van der Waals surface area contributed by atoms with Gasteiger partial charge in [0, 0.05) is 12.1 Å². The molecule has 4 heteroatoms. The van der Waals surface area contributed by atoms with Crippen molar-refractivity contribution in [3.05, 3.63) is 29.8 Å². The van der Waals surface area contributed by atoms with Crippen molar-refractivity contribution in [2.45, 2.75) is 45.0 Å². The maximum Gasteiger partial charge on any atom is 0.127 e. The van der Waals surface area contributed by atoms with Gasteiger partial charge in [-0.15, -0.1) is 11.6 Å². The number of halogens is 2. The van der Waals surface area contributed by atoms with Crippen LogP contribution >= 0.6 is 11.6 Å². The minimum atomic E-state index is -0.259. The Balaban J connectivity index is 2.69. The van der Waals surface area contributed by atoms with Crippen LogP contribution in [0, 0.1) is 5.82 Å². The average Bonchev–Trinajstić information content (AvgIpc) is 2.70.